The third-order valence-corrected chi connectivity index (χ3v) is 7.77. The Bertz CT molecular complexity index is 697. The van der Waals surface area contributed by atoms with Crippen LogP contribution in [-0.2, 0) is 4.79 Å². The normalized spacial score (nSPS) is 26.1. The fourth-order valence-corrected chi connectivity index (χ4v) is 5.62. The summed E-state index contributed by atoms with van der Waals surface area (Å²) < 4.78 is 44.8. The maximum Gasteiger partial charge on any atom is 0.314 e. The lowest BCUT2D eigenvalue weighted by Gasteiger charge is -2.31. The highest BCUT2D eigenvalue weighted by atomic mass is 19.2. The number of benzene rings is 1. The molecule has 1 aromatic carbocycles. The average molecular weight is 453 g/mol. The highest BCUT2D eigenvalue weighted by Gasteiger charge is 2.29. The van der Waals surface area contributed by atoms with Crippen LogP contribution in [0.4, 0.5) is 13.2 Å². The molecule has 0 bridgehead atoms. The first-order valence-corrected chi connectivity index (χ1v) is 12.8. The molecule has 0 aliphatic heterocycles. The lowest BCUT2D eigenvalue weighted by molar-refractivity contribution is -0.140. The van der Waals surface area contributed by atoms with Gasteiger partial charge in [-0.25, -0.2) is 13.2 Å². The number of esters is 1. The molecule has 5 heteroatoms. The molecule has 0 spiro atoms. The fraction of sp³-hybridized carbons (Fsp3) is 0.741. The number of ether oxygens (including phenoxy) is 1. The van der Waals surface area contributed by atoms with Gasteiger partial charge in [0.15, 0.2) is 17.5 Å². The molecular weight excluding hydrogens is 413 g/mol. The number of unbranched alkanes of at least 4 members (excludes halogenated alkanes) is 3. The molecule has 2 saturated carbocycles. The summed E-state index contributed by atoms with van der Waals surface area (Å²) in [5.41, 5.74) is 0. The number of rotatable bonds is 10. The van der Waals surface area contributed by atoms with Gasteiger partial charge in [-0.15, -0.1) is 0 Å². The largest absolute Gasteiger partial charge is 0.426 e. The number of carbonyl (C=O) groups excluding carboxylic acids is 1. The summed E-state index contributed by atoms with van der Waals surface area (Å²) >= 11 is 0. The second kappa shape index (κ2) is 12.6. The highest BCUT2D eigenvalue weighted by Crippen LogP contribution is 2.38. The predicted octanol–water partition coefficient (Wildman–Crippen LogP) is 8.37. The van der Waals surface area contributed by atoms with E-state index in [1.165, 1.54) is 70.6 Å². The lowest BCUT2D eigenvalue weighted by Crippen LogP contribution is -2.26. The van der Waals surface area contributed by atoms with Crippen LogP contribution >= 0.6 is 0 Å². The second-order valence-corrected chi connectivity index (χ2v) is 10.2. The van der Waals surface area contributed by atoms with Crippen molar-refractivity contribution in [2.45, 2.75) is 103 Å². The maximum absolute atomic E-state index is 13.3. The van der Waals surface area contributed by atoms with Crippen LogP contribution in [0.5, 0.6) is 5.75 Å². The van der Waals surface area contributed by atoms with Gasteiger partial charge >= 0.3 is 5.97 Å². The van der Waals surface area contributed by atoms with Crippen molar-refractivity contribution >= 4 is 5.97 Å². The minimum atomic E-state index is -1.55. The van der Waals surface area contributed by atoms with E-state index < -0.39 is 23.4 Å². The molecule has 0 aromatic heterocycles. The Morgan fingerprint density at radius 3 is 1.81 bits per heavy atom. The van der Waals surface area contributed by atoms with Gasteiger partial charge in [0, 0.05) is 12.1 Å². The van der Waals surface area contributed by atoms with Crippen molar-refractivity contribution in [3.63, 3.8) is 0 Å². The molecule has 0 atom stereocenters. The topological polar surface area (TPSA) is 26.3 Å². The molecule has 2 aliphatic carbocycles. The van der Waals surface area contributed by atoms with Crippen molar-refractivity contribution in [1.82, 2.24) is 0 Å². The van der Waals surface area contributed by atoms with Crippen LogP contribution in [0.2, 0.25) is 0 Å². The van der Waals surface area contributed by atoms with Gasteiger partial charge in [0.2, 0.25) is 0 Å². The summed E-state index contributed by atoms with van der Waals surface area (Å²) in [6, 6.07) is 1.45. The van der Waals surface area contributed by atoms with Gasteiger partial charge in [0.05, 0.1) is 5.92 Å². The molecule has 32 heavy (non-hydrogen) atoms. The molecule has 3 rings (SSSR count). The third kappa shape index (κ3) is 7.52. The van der Waals surface area contributed by atoms with Crippen molar-refractivity contribution in [1.29, 1.82) is 0 Å². The first kappa shape index (κ1) is 25.1. The first-order valence-electron chi connectivity index (χ1n) is 12.8. The van der Waals surface area contributed by atoms with Crippen molar-refractivity contribution in [2.24, 2.45) is 23.7 Å². The smallest absolute Gasteiger partial charge is 0.314 e. The Morgan fingerprint density at radius 1 is 0.781 bits per heavy atom. The first-order chi connectivity index (χ1) is 15.5. The van der Waals surface area contributed by atoms with Gasteiger partial charge in [0.1, 0.15) is 5.75 Å². The second-order valence-electron chi connectivity index (χ2n) is 10.2. The Labute approximate surface area is 191 Å². The summed E-state index contributed by atoms with van der Waals surface area (Å²) in [5.74, 6) is -2.74. The Hall–Kier alpha value is -1.52. The maximum atomic E-state index is 13.3. The molecule has 2 fully saturated rings. The van der Waals surface area contributed by atoms with E-state index in [1.807, 2.05) is 0 Å². The quantitative estimate of drug-likeness (QED) is 0.154. The molecule has 0 radical (unpaired) electrons. The van der Waals surface area contributed by atoms with Gasteiger partial charge in [0.25, 0.3) is 0 Å². The van der Waals surface area contributed by atoms with Gasteiger partial charge in [-0.1, -0.05) is 77.6 Å². The van der Waals surface area contributed by atoms with Crippen molar-refractivity contribution in [3.05, 3.63) is 29.6 Å². The third-order valence-electron chi connectivity index (χ3n) is 7.77. The van der Waals surface area contributed by atoms with E-state index in [2.05, 4.69) is 6.92 Å². The monoisotopic (exact) mass is 452 g/mol. The Morgan fingerprint density at radius 2 is 1.28 bits per heavy atom. The van der Waals surface area contributed by atoms with E-state index >= 15 is 0 Å². The Kier molecular flexibility index (Phi) is 9.92. The number of hydrogen-bond donors (Lipinski definition) is 0. The minimum absolute atomic E-state index is 0.245. The zero-order valence-corrected chi connectivity index (χ0v) is 19.5. The van der Waals surface area contributed by atoms with Crippen LogP contribution in [0.15, 0.2) is 12.1 Å². The van der Waals surface area contributed by atoms with E-state index in [0.29, 0.717) is 5.92 Å². The molecule has 0 heterocycles. The lowest BCUT2D eigenvalue weighted by atomic mass is 9.75. The molecule has 0 saturated heterocycles. The standard InChI is InChI=1S/C27H39F3O2/c1-2-3-4-5-6-19-7-9-20(10-8-19)11-12-21-13-15-22(16-14-21)27(31)32-23-17-24(28)26(30)25(29)18-23/h17-22H,2-16H2,1H3/t19-,20-,21-,22-. The summed E-state index contributed by atoms with van der Waals surface area (Å²) in [6.45, 7) is 2.27. The van der Waals surface area contributed by atoms with E-state index in [4.69, 9.17) is 4.74 Å². The molecular formula is C27H39F3O2. The highest BCUT2D eigenvalue weighted by molar-refractivity contribution is 5.75. The minimum Gasteiger partial charge on any atom is -0.426 e. The van der Waals surface area contributed by atoms with E-state index in [0.717, 1.165) is 49.7 Å². The van der Waals surface area contributed by atoms with Crippen LogP contribution in [0.3, 0.4) is 0 Å². The van der Waals surface area contributed by atoms with Gasteiger partial charge < -0.3 is 4.74 Å². The fourth-order valence-electron chi connectivity index (χ4n) is 5.62. The van der Waals surface area contributed by atoms with Gasteiger partial charge in [-0.2, -0.15) is 0 Å². The van der Waals surface area contributed by atoms with Crippen LogP contribution in [0, 0.1) is 41.1 Å². The number of halogens is 3. The predicted molar refractivity (Wildman–Crippen MR) is 121 cm³/mol. The van der Waals surface area contributed by atoms with E-state index in [9.17, 15) is 18.0 Å². The average Bonchev–Trinajstić information content (AvgIpc) is 2.80. The molecule has 0 N–H and O–H groups in total. The molecule has 2 nitrogen and oxygen atoms in total. The number of carbonyl (C=O) groups is 1. The van der Waals surface area contributed by atoms with Gasteiger partial charge in [-0.05, 0) is 43.4 Å². The van der Waals surface area contributed by atoms with Crippen LogP contribution < -0.4 is 4.74 Å². The van der Waals surface area contributed by atoms with Crippen LogP contribution in [0.25, 0.3) is 0 Å². The van der Waals surface area contributed by atoms with Crippen molar-refractivity contribution in [3.8, 4) is 5.75 Å². The van der Waals surface area contributed by atoms with Crippen molar-refractivity contribution < 1.29 is 22.7 Å². The molecule has 1 aromatic rings. The van der Waals surface area contributed by atoms with Crippen LogP contribution in [-0.4, -0.2) is 5.97 Å². The molecule has 180 valence electrons. The summed E-state index contributed by atoms with van der Waals surface area (Å²) in [4.78, 5) is 12.4. The van der Waals surface area contributed by atoms with E-state index in [-0.39, 0.29) is 11.7 Å². The molecule has 2 aliphatic rings. The zero-order valence-electron chi connectivity index (χ0n) is 19.5. The Balaban J connectivity index is 1.31. The molecule has 0 unspecified atom stereocenters. The van der Waals surface area contributed by atoms with Crippen molar-refractivity contribution in [2.75, 3.05) is 0 Å². The molecule has 0 amide bonds. The summed E-state index contributed by atoms with van der Waals surface area (Å²) in [6.07, 6.45) is 18.5. The summed E-state index contributed by atoms with van der Waals surface area (Å²) in [7, 11) is 0. The SMILES string of the molecule is CCCCCC[C@H]1CC[C@H](CC[C@H]2CC[C@H](C(=O)Oc3cc(F)c(F)c(F)c3)CC2)CC1. The number of hydrogen-bond acceptors (Lipinski definition) is 2. The summed E-state index contributed by atoms with van der Waals surface area (Å²) in [5, 5.41) is 0. The van der Waals surface area contributed by atoms with E-state index in [1.54, 1.807) is 0 Å². The zero-order chi connectivity index (χ0) is 22.9. The van der Waals surface area contributed by atoms with Gasteiger partial charge in [-0.3, -0.25) is 4.79 Å². The van der Waals surface area contributed by atoms with Crippen LogP contribution in [0.1, 0.15) is 103 Å².